The van der Waals surface area contributed by atoms with Crippen LogP contribution >= 0.6 is 0 Å². The van der Waals surface area contributed by atoms with Crippen molar-refractivity contribution in [3.63, 3.8) is 0 Å². The van der Waals surface area contributed by atoms with Gasteiger partial charge in [0.2, 0.25) is 0 Å². The maximum Gasteiger partial charge on any atom is 0.328 e. The predicted molar refractivity (Wildman–Crippen MR) is 54.0 cm³/mol. The Morgan fingerprint density at radius 3 is 2.75 bits per heavy atom. The number of aliphatic hydroxyl groups is 1. The largest absolute Gasteiger partial charge is 0.480 e. The smallest absolute Gasteiger partial charge is 0.328 e. The van der Waals surface area contributed by atoms with Crippen LogP contribution < -0.4 is 10.6 Å². The molecule has 4 N–H and O–H groups in total. The minimum atomic E-state index is -1.27. The van der Waals surface area contributed by atoms with Crippen LogP contribution in [-0.4, -0.2) is 54.1 Å². The van der Waals surface area contributed by atoms with Gasteiger partial charge in [-0.15, -0.1) is 0 Å². The molecule has 7 heteroatoms. The van der Waals surface area contributed by atoms with Gasteiger partial charge in [0, 0.05) is 13.2 Å². The minimum absolute atomic E-state index is 0.00292. The van der Waals surface area contributed by atoms with E-state index in [1.54, 1.807) is 0 Å². The highest BCUT2D eigenvalue weighted by atomic mass is 16.5. The Morgan fingerprint density at radius 2 is 2.25 bits per heavy atom. The van der Waals surface area contributed by atoms with Crippen LogP contribution in [0.4, 0.5) is 4.79 Å². The van der Waals surface area contributed by atoms with E-state index in [4.69, 9.17) is 14.9 Å². The maximum absolute atomic E-state index is 11.2. The van der Waals surface area contributed by atoms with Gasteiger partial charge in [-0.25, -0.2) is 9.59 Å². The van der Waals surface area contributed by atoms with E-state index in [0.717, 1.165) is 12.8 Å². The molecule has 1 aliphatic rings. The number of carboxylic acids is 1. The second-order valence-electron chi connectivity index (χ2n) is 3.56. The number of nitrogens with one attached hydrogen (secondary N) is 2. The summed E-state index contributed by atoms with van der Waals surface area (Å²) in [6.45, 7) is 0.411. The minimum Gasteiger partial charge on any atom is -0.480 e. The monoisotopic (exact) mass is 232 g/mol. The molecule has 92 valence electrons. The lowest BCUT2D eigenvalue weighted by Crippen LogP contribution is -2.49. The van der Waals surface area contributed by atoms with Gasteiger partial charge in [-0.1, -0.05) is 0 Å². The summed E-state index contributed by atoms with van der Waals surface area (Å²) in [6, 6.07) is -1.89. The molecular formula is C9H16N2O5. The van der Waals surface area contributed by atoms with E-state index in [0.29, 0.717) is 13.2 Å². The number of urea groups is 1. The highest BCUT2D eigenvalue weighted by Crippen LogP contribution is 2.10. The van der Waals surface area contributed by atoms with Crippen LogP contribution in [0.15, 0.2) is 0 Å². The van der Waals surface area contributed by atoms with Crippen LogP contribution in [0.5, 0.6) is 0 Å². The Kier molecular flexibility index (Phi) is 5.00. The Balaban J connectivity index is 2.21. The van der Waals surface area contributed by atoms with Crippen molar-refractivity contribution in [3.8, 4) is 0 Å². The average molecular weight is 232 g/mol. The Morgan fingerprint density at radius 1 is 1.50 bits per heavy atom. The number of carboxylic acid groups (broad SMARTS) is 1. The van der Waals surface area contributed by atoms with Crippen LogP contribution in [0, 0.1) is 0 Å². The van der Waals surface area contributed by atoms with E-state index in [1.807, 2.05) is 0 Å². The third kappa shape index (κ3) is 4.03. The number of carbonyl (C=O) groups excluding carboxylic acids is 1. The number of carbonyl (C=O) groups is 2. The second kappa shape index (κ2) is 6.29. The predicted octanol–water partition coefficient (Wildman–Crippen LogP) is -1.09. The fraction of sp³-hybridized carbons (Fsp3) is 0.778. The topological polar surface area (TPSA) is 108 Å². The zero-order valence-electron chi connectivity index (χ0n) is 8.81. The highest BCUT2D eigenvalue weighted by Gasteiger charge is 2.20. The highest BCUT2D eigenvalue weighted by molar-refractivity contribution is 5.82. The van der Waals surface area contributed by atoms with Crippen LogP contribution in [0.25, 0.3) is 0 Å². The zero-order chi connectivity index (χ0) is 12.0. The van der Waals surface area contributed by atoms with Gasteiger partial charge in [-0.3, -0.25) is 0 Å². The van der Waals surface area contributed by atoms with Crippen molar-refractivity contribution < 1.29 is 24.5 Å². The Hall–Kier alpha value is -1.34. The first-order valence-corrected chi connectivity index (χ1v) is 5.13. The van der Waals surface area contributed by atoms with E-state index in [2.05, 4.69) is 10.6 Å². The number of hydrogen-bond donors (Lipinski definition) is 4. The van der Waals surface area contributed by atoms with Crippen LogP contribution in [0.2, 0.25) is 0 Å². The van der Waals surface area contributed by atoms with E-state index in [-0.39, 0.29) is 6.10 Å². The Labute approximate surface area is 92.8 Å². The molecule has 16 heavy (non-hydrogen) atoms. The molecule has 1 unspecified atom stereocenters. The van der Waals surface area contributed by atoms with Gasteiger partial charge < -0.3 is 25.6 Å². The third-order valence-electron chi connectivity index (χ3n) is 2.30. The molecule has 0 aromatic heterocycles. The molecule has 7 nitrogen and oxygen atoms in total. The van der Waals surface area contributed by atoms with Crippen molar-refractivity contribution >= 4 is 12.0 Å². The van der Waals surface area contributed by atoms with Crippen molar-refractivity contribution in [1.82, 2.24) is 10.6 Å². The lowest BCUT2D eigenvalue weighted by atomic mass is 10.2. The second-order valence-corrected chi connectivity index (χ2v) is 3.56. The van der Waals surface area contributed by atoms with Gasteiger partial charge in [0.05, 0.1) is 12.7 Å². The van der Waals surface area contributed by atoms with Crippen LogP contribution in [0.3, 0.4) is 0 Å². The molecule has 0 radical (unpaired) electrons. The first kappa shape index (κ1) is 12.7. The maximum atomic E-state index is 11.2. The molecule has 0 aromatic rings. The molecule has 0 spiro atoms. The van der Waals surface area contributed by atoms with E-state index in [9.17, 15) is 9.59 Å². The summed E-state index contributed by atoms with van der Waals surface area (Å²) in [5.74, 6) is -1.27. The van der Waals surface area contributed by atoms with Crippen molar-refractivity contribution in [2.45, 2.75) is 25.0 Å². The molecule has 0 bridgehead atoms. The summed E-state index contributed by atoms with van der Waals surface area (Å²) in [6.07, 6.45) is 1.87. The third-order valence-corrected chi connectivity index (χ3v) is 2.30. The van der Waals surface area contributed by atoms with E-state index < -0.39 is 24.6 Å². The lowest BCUT2D eigenvalue weighted by molar-refractivity contribution is -0.140. The summed E-state index contributed by atoms with van der Waals surface area (Å²) >= 11 is 0. The fourth-order valence-electron chi connectivity index (χ4n) is 1.41. The standard InChI is InChI=1S/C9H16N2O5/c12-5-7(8(13)14)11-9(15)10-4-6-2-1-3-16-6/h6-7,12H,1-5H2,(H,13,14)(H2,10,11,15)/t6?,7-/m1/s1. The summed E-state index contributed by atoms with van der Waals surface area (Å²) in [5.41, 5.74) is 0. The normalized spacial score (nSPS) is 21.4. The number of aliphatic hydroxyl groups excluding tert-OH is 1. The number of amides is 2. The van der Waals surface area contributed by atoms with Gasteiger partial charge in [0.25, 0.3) is 0 Å². The van der Waals surface area contributed by atoms with Crippen LogP contribution in [0.1, 0.15) is 12.8 Å². The molecule has 0 aliphatic carbocycles. The van der Waals surface area contributed by atoms with Gasteiger partial charge in [0.15, 0.2) is 6.04 Å². The summed E-state index contributed by atoms with van der Waals surface area (Å²) in [7, 11) is 0. The van der Waals surface area contributed by atoms with Gasteiger partial charge in [-0.2, -0.15) is 0 Å². The quantitative estimate of drug-likeness (QED) is 0.481. The van der Waals surface area contributed by atoms with Crippen molar-refractivity contribution in [1.29, 1.82) is 0 Å². The molecule has 1 rings (SSSR count). The first-order valence-electron chi connectivity index (χ1n) is 5.13. The van der Waals surface area contributed by atoms with E-state index >= 15 is 0 Å². The Bertz CT molecular complexity index is 252. The molecule has 1 saturated heterocycles. The van der Waals surface area contributed by atoms with Gasteiger partial charge >= 0.3 is 12.0 Å². The van der Waals surface area contributed by atoms with Crippen molar-refractivity contribution in [2.75, 3.05) is 19.8 Å². The van der Waals surface area contributed by atoms with Crippen LogP contribution in [-0.2, 0) is 9.53 Å². The summed E-state index contributed by atoms with van der Waals surface area (Å²) in [5, 5.41) is 21.9. The number of rotatable bonds is 5. The average Bonchev–Trinajstić information content (AvgIpc) is 2.75. The molecular weight excluding hydrogens is 216 g/mol. The molecule has 1 fully saturated rings. The molecule has 1 heterocycles. The molecule has 1 aliphatic heterocycles. The van der Waals surface area contributed by atoms with Gasteiger partial charge in [-0.05, 0) is 12.8 Å². The first-order chi connectivity index (χ1) is 7.63. The van der Waals surface area contributed by atoms with Crippen molar-refractivity contribution in [2.24, 2.45) is 0 Å². The molecule has 2 atom stereocenters. The summed E-state index contributed by atoms with van der Waals surface area (Å²) < 4.78 is 5.27. The summed E-state index contributed by atoms with van der Waals surface area (Å²) in [4.78, 5) is 21.7. The van der Waals surface area contributed by atoms with E-state index in [1.165, 1.54) is 0 Å². The van der Waals surface area contributed by atoms with Gasteiger partial charge in [0.1, 0.15) is 0 Å². The fourth-order valence-corrected chi connectivity index (χ4v) is 1.41. The van der Waals surface area contributed by atoms with Crippen molar-refractivity contribution in [3.05, 3.63) is 0 Å². The molecule has 0 aromatic carbocycles. The molecule has 0 saturated carbocycles. The number of aliphatic carboxylic acids is 1. The number of hydrogen-bond acceptors (Lipinski definition) is 4. The zero-order valence-corrected chi connectivity index (χ0v) is 8.81. The SMILES string of the molecule is O=C(NCC1CCCO1)N[C@H](CO)C(=O)O. The molecule has 2 amide bonds. The number of ether oxygens (including phenoxy) is 1. The lowest BCUT2D eigenvalue weighted by Gasteiger charge is -2.14.